The summed E-state index contributed by atoms with van der Waals surface area (Å²) >= 11 is 0. The smallest absolute Gasteiger partial charge is 0.305 e. The van der Waals surface area contributed by atoms with E-state index in [2.05, 4.69) is 10.1 Å². The van der Waals surface area contributed by atoms with Crippen molar-refractivity contribution in [2.24, 2.45) is 5.92 Å². The van der Waals surface area contributed by atoms with Gasteiger partial charge in [0.1, 0.15) is 6.10 Å². The highest BCUT2D eigenvalue weighted by Gasteiger charge is 2.52. The lowest BCUT2D eigenvalue weighted by atomic mass is 9.82. The number of hydrogen-bond acceptors (Lipinski definition) is 7. The molecular weight excluding hydrogens is 416 g/mol. The summed E-state index contributed by atoms with van der Waals surface area (Å²) in [6.07, 6.45) is 3.86. The molecule has 9 nitrogen and oxygen atoms in total. The first-order valence-electron chi connectivity index (χ1n) is 10.7. The van der Waals surface area contributed by atoms with Crippen LogP contribution < -0.4 is 10.2 Å². The van der Waals surface area contributed by atoms with E-state index in [4.69, 9.17) is 5.11 Å². The maximum absolute atomic E-state index is 13.4. The fourth-order valence-electron chi connectivity index (χ4n) is 3.65. The summed E-state index contributed by atoms with van der Waals surface area (Å²) in [6.45, 7) is 3.30. The molecule has 0 saturated carbocycles. The van der Waals surface area contributed by atoms with E-state index in [1.54, 1.807) is 37.3 Å². The number of rotatable bonds is 11. The maximum atomic E-state index is 13.4. The average molecular weight is 449 g/mol. The van der Waals surface area contributed by atoms with Crippen molar-refractivity contribution in [3.8, 4) is 0 Å². The van der Waals surface area contributed by atoms with E-state index in [0.717, 1.165) is 0 Å². The summed E-state index contributed by atoms with van der Waals surface area (Å²) < 4.78 is 4.64. The zero-order chi connectivity index (χ0) is 23.9. The molecule has 0 bridgehead atoms. The Hall–Kier alpha value is -2.75. The molecule has 0 fully saturated rings. The molecule has 0 unspecified atom stereocenters. The van der Waals surface area contributed by atoms with Crippen molar-refractivity contribution in [1.29, 1.82) is 0 Å². The number of ether oxygens (including phenoxy) is 1. The maximum Gasteiger partial charge on any atom is 0.305 e. The minimum atomic E-state index is -1.87. The van der Waals surface area contributed by atoms with Crippen LogP contribution in [0, 0.1) is 5.92 Å². The zero-order valence-corrected chi connectivity index (χ0v) is 18.7. The lowest BCUT2D eigenvalue weighted by molar-refractivity contribution is -0.140. The Morgan fingerprint density at radius 3 is 2.62 bits per heavy atom. The van der Waals surface area contributed by atoms with Crippen molar-refractivity contribution >= 4 is 29.2 Å². The van der Waals surface area contributed by atoms with Crippen LogP contribution in [-0.2, 0) is 24.7 Å². The lowest BCUT2D eigenvalue weighted by Gasteiger charge is -2.28. The van der Waals surface area contributed by atoms with Gasteiger partial charge in [-0.25, -0.2) is 0 Å². The molecule has 1 aromatic carbocycles. The number of fused-ring (bicyclic) bond motifs is 1. The molecule has 1 aliphatic heterocycles. The molecule has 1 heterocycles. The highest BCUT2D eigenvalue weighted by molar-refractivity contribution is 6.08. The quantitative estimate of drug-likeness (QED) is 0.229. The number of esters is 1. The monoisotopic (exact) mass is 448 g/mol. The van der Waals surface area contributed by atoms with Gasteiger partial charge in [-0.15, -0.1) is 0 Å². The second-order valence-corrected chi connectivity index (χ2v) is 7.88. The summed E-state index contributed by atoms with van der Waals surface area (Å²) in [7, 11) is 1.32. The molecule has 3 atom stereocenters. The predicted octanol–water partition coefficient (Wildman–Crippen LogP) is 1.46. The van der Waals surface area contributed by atoms with E-state index in [-0.39, 0.29) is 19.0 Å². The minimum absolute atomic E-state index is 0.0476. The number of unbranched alkanes of at least 4 members (excludes halogenated alkanes) is 1. The van der Waals surface area contributed by atoms with Crippen molar-refractivity contribution in [2.45, 2.75) is 51.2 Å². The highest BCUT2D eigenvalue weighted by atomic mass is 16.5. The molecule has 9 heteroatoms. The van der Waals surface area contributed by atoms with Crippen molar-refractivity contribution in [1.82, 2.24) is 0 Å². The average Bonchev–Trinajstić information content (AvgIpc) is 2.98. The number of nitrogens with zero attached hydrogens (tertiary/aromatic N) is 1. The molecule has 0 spiro atoms. The summed E-state index contributed by atoms with van der Waals surface area (Å²) in [5.74, 6) is -2.03. The SMILES string of the molecule is COC(=O)CCCCN1C(=O)[C@](O)([C@H](C)/C=C/CCO)c2cc(NC(=O)[C@H](C)O)ccc21. The standard InChI is InChI=1S/C23H32N2O7/c1-15(8-5-7-13-26)23(31)18-14-17(24-21(29)16(2)27)10-11-19(18)25(22(23)30)12-6-4-9-20(28)32-3/h5,8,10-11,14-16,26-27,31H,4,6-7,9,12-13H2,1-3H3,(H,24,29)/b8-5+/t15-,16+,23+/m1/s1. The molecule has 0 saturated heterocycles. The van der Waals surface area contributed by atoms with Gasteiger partial charge in [0.05, 0.1) is 12.8 Å². The molecule has 32 heavy (non-hydrogen) atoms. The fraction of sp³-hybridized carbons (Fsp3) is 0.522. The number of benzene rings is 1. The van der Waals surface area contributed by atoms with Gasteiger partial charge in [0.15, 0.2) is 5.60 Å². The molecule has 1 aromatic rings. The summed E-state index contributed by atoms with van der Waals surface area (Å²) in [5.41, 5.74) is -0.650. The molecule has 1 aliphatic rings. The minimum Gasteiger partial charge on any atom is -0.469 e. The van der Waals surface area contributed by atoms with Crippen LogP contribution in [-0.4, -0.2) is 59.5 Å². The van der Waals surface area contributed by atoms with Gasteiger partial charge in [-0.2, -0.15) is 0 Å². The second-order valence-electron chi connectivity index (χ2n) is 7.88. The third kappa shape index (κ3) is 5.53. The van der Waals surface area contributed by atoms with Crippen LogP contribution in [0.5, 0.6) is 0 Å². The van der Waals surface area contributed by atoms with Crippen molar-refractivity contribution in [3.63, 3.8) is 0 Å². The number of nitrogens with one attached hydrogen (secondary N) is 1. The molecule has 0 radical (unpaired) electrons. The Morgan fingerprint density at radius 1 is 1.28 bits per heavy atom. The summed E-state index contributed by atoms with van der Waals surface area (Å²) in [6, 6.07) is 4.79. The van der Waals surface area contributed by atoms with E-state index < -0.39 is 29.4 Å². The zero-order valence-electron chi connectivity index (χ0n) is 18.7. The van der Waals surface area contributed by atoms with Crippen LogP contribution in [0.15, 0.2) is 30.4 Å². The van der Waals surface area contributed by atoms with Gasteiger partial charge in [-0.3, -0.25) is 14.4 Å². The topological polar surface area (TPSA) is 136 Å². The van der Waals surface area contributed by atoms with Crippen molar-refractivity contribution < 1.29 is 34.4 Å². The van der Waals surface area contributed by atoms with Crippen LogP contribution in [0.1, 0.15) is 45.1 Å². The Morgan fingerprint density at radius 2 is 2.00 bits per heavy atom. The van der Waals surface area contributed by atoms with E-state index in [1.165, 1.54) is 18.9 Å². The Bertz CT molecular complexity index is 868. The van der Waals surface area contributed by atoms with E-state index in [0.29, 0.717) is 42.7 Å². The molecule has 0 aliphatic carbocycles. The number of methoxy groups -OCH3 is 1. The van der Waals surface area contributed by atoms with Gasteiger partial charge < -0.3 is 30.3 Å². The predicted molar refractivity (Wildman–Crippen MR) is 119 cm³/mol. The number of aliphatic hydroxyl groups is 3. The molecular formula is C23H32N2O7. The number of hydrogen-bond donors (Lipinski definition) is 4. The first-order valence-corrected chi connectivity index (χ1v) is 10.7. The second kappa shape index (κ2) is 11.2. The Kier molecular flexibility index (Phi) is 8.94. The van der Waals surface area contributed by atoms with E-state index in [9.17, 15) is 24.6 Å². The Labute approximate surface area is 187 Å². The van der Waals surface area contributed by atoms with Gasteiger partial charge in [0, 0.05) is 36.7 Å². The van der Waals surface area contributed by atoms with Gasteiger partial charge >= 0.3 is 5.97 Å². The van der Waals surface area contributed by atoms with Gasteiger partial charge in [0.25, 0.3) is 11.8 Å². The van der Waals surface area contributed by atoms with E-state index >= 15 is 0 Å². The summed E-state index contributed by atoms with van der Waals surface area (Å²) in [5, 5.41) is 32.6. The number of anilines is 2. The largest absolute Gasteiger partial charge is 0.469 e. The lowest BCUT2D eigenvalue weighted by Crippen LogP contribution is -2.44. The number of carbonyl (C=O) groups is 3. The Balaban J connectivity index is 2.35. The van der Waals surface area contributed by atoms with Gasteiger partial charge in [-0.1, -0.05) is 19.1 Å². The van der Waals surface area contributed by atoms with Crippen LogP contribution in [0.4, 0.5) is 11.4 Å². The van der Waals surface area contributed by atoms with Crippen LogP contribution in [0.2, 0.25) is 0 Å². The number of amides is 2. The van der Waals surface area contributed by atoms with Crippen molar-refractivity contribution in [3.05, 3.63) is 35.9 Å². The molecule has 4 N–H and O–H groups in total. The number of aliphatic hydroxyl groups excluding tert-OH is 2. The first-order chi connectivity index (χ1) is 15.2. The van der Waals surface area contributed by atoms with Crippen molar-refractivity contribution in [2.75, 3.05) is 30.5 Å². The normalized spacial score (nSPS) is 19.7. The van der Waals surface area contributed by atoms with Crippen LogP contribution >= 0.6 is 0 Å². The fourth-order valence-corrected chi connectivity index (χ4v) is 3.65. The third-order valence-corrected chi connectivity index (χ3v) is 5.54. The molecule has 0 aromatic heterocycles. The first kappa shape index (κ1) is 25.5. The van der Waals surface area contributed by atoms with Gasteiger partial charge in [0.2, 0.25) is 0 Å². The molecule has 176 valence electrons. The number of carbonyl (C=O) groups excluding carboxylic acids is 3. The van der Waals surface area contributed by atoms with Crippen LogP contribution in [0.3, 0.4) is 0 Å². The van der Waals surface area contributed by atoms with E-state index in [1.807, 2.05) is 0 Å². The third-order valence-electron chi connectivity index (χ3n) is 5.54. The molecule has 2 amide bonds. The summed E-state index contributed by atoms with van der Waals surface area (Å²) in [4.78, 5) is 38.1. The highest BCUT2D eigenvalue weighted by Crippen LogP contribution is 2.46. The van der Waals surface area contributed by atoms with Gasteiger partial charge in [-0.05, 0) is 44.4 Å². The van der Waals surface area contributed by atoms with Crippen LogP contribution in [0.25, 0.3) is 0 Å². The molecule has 2 rings (SSSR count).